The molecule has 1 aromatic heterocycles. The molecule has 0 radical (unpaired) electrons. The Morgan fingerprint density at radius 2 is 1.65 bits per heavy atom. The van der Waals surface area contributed by atoms with E-state index in [4.69, 9.17) is 4.42 Å². The van der Waals surface area contributed by atoms with Gasteiger partial charge in [0, 0.05) is 5.69 Å². The molecule has 26 heavy (non-hydrogen) atoms. The summed E-state index contributed by atoms with van der Waals surface area (Å²) < 4.78 is 9.46. The number of ether oxygens (including phenoxy) is 1. The Balaban J connectivity index is 1.71. The number of anilines is 1. The summed E-state index contributed by atoms with van der Waals surface area (Å²) in [4.78, 5) is 46.3. The summed E-state index contributed by atoms with van der Waals surface area (Å²) in [7, 11) is 1.28. The van der Waals surface area contributed by atoms with Crippen molar-refractivity contribution in [3.63, 3.8) is 0 Å². The van der Waals surface area contributed by atoms with Gasteiger partial charge in [0.2, 0.25) is 11.8 Å². The van der Waals surface area contributed by atoms with E-state index in [0.717, 1.165) is 0 Å². The van der Waals surface area contributed by atoms with Crippen LogP contribution in [-0.4, -0.2) is 43.9 Å². The third kappa shape index (κ3) is 5.48. The number of hydrogen-bond acceptors (Lipinski definition) is 6. The highest BCUT2D eigenvalue weighted by atomic mass is 16.5. The fraction of sp³-hybridized carbons (Fsp3) is 0.176. The number of carbonyl (C=O) groups is 4. The highest BCUT2D eigenvalue weighted by Crippen LogP contribution is 2.10. The Hall–Kier alpha value is -3.62. The number of esters is 1. The third-order valence-corrected chi connectivity index (χ3v) is 3.19. The molecule has 0 aliphatic carbocycles. The van der Waals surface area contributed by atoms with Gasteiger partial charge in [-0.3, -0.25) is 14.4 Å². The first-order valence-electron chi connectivity index (χ1n) is 7.56. The van der Waals surface area contributed by atoms with Crippen molar-refractivity contribution >= 4 is 29.4 Å². The number of nitrogens with one attached hydrogen (secondary N) is 3. The highest BCUT2D eigenvalue weighted by Gasteiger charge is 2.11. The van der Waals surface area contributed by atoms with Crippen molar-refractivity contribution in [2.75, 3.05) is 25.5 Å². The van der Waals surface area contributed by atoms with Gasteiger partial charge in [-0.25, -0.2) is 4.79 Å². The van der Waals surface area contributed by atoms with Crippen LogP contribution in [0.4, 0.5) is 5.69 Å². The van der Waals surface area contributed by atoms with Crippen molar-refractivity contribution in [2.24, 2.45) is 0 Å². The van der Waals surface area contributed by atoms with Crippen LogP contribution in [0.15, 0.2) is 47.1 Å². The van der Waals surface area contributed by atoms with Crippen molar-refractivity contribution in [3.05, 3.63) is 54.0 Å². The molecule has 2 rings (SSSR count). The molecule has 0 fully saturated rings. The smallest absolute Gasteiger partial charge is 0.337 e. The Bertz CT molecular complexity index is 783. The van der Waals surface area contributed by atoms with Crippen LogP contribution in [0.3, 0.4) is 0 Å². The zero-order valence-electron chi connectivity index (χ0n) is 13.9. The monoisotopic (exact) mass is 359 g/mol. The van der Waals surface area contributed by atoms with Crippen molar-refractivity contribution in [2.45, 2.75) is 0 Å². The first-order chi connectivity index (χ1) is 12.5. The lowest BCUT2D eigenvalue weighted by molar-refractivity contribution is -0.123. The summed E-state index contributed by atoms with van der Waals surface area (Å²) in [6.07, 6.45) is 1.34. The van der Waals surface area contributed by atoms with Crippen LogP contribution in [0.25, 0.3) is 0 Å². The molecule has 1 aromatic carbocycles. The zero-order valence-corrected chi connectivity index (χ0v) is 13.9. The van der Waals surface area contributed by atoms with E-state index < -0.39 is 23.7 Å². The second-order valence-corrected chi connectivity index (χ2v) is 5.05. The SMILES string of the molecule is COC(=O)c1ccc(NC(=O)CNC(=O)CNC(=O)c2ccco2)cc1. The lowest BCUT2D eigenvalue weighted by Gasteiger charge is -2.08. The average Bonchev–Trinajstić information content (AvgIpc) is 3.19. The van der Waals surface area contributed by atoms with E-state index in [9.17, 15) is 19.2 Å². The topological polar surface area (TPSA) is 127 Å². The molecule has 1 heterocycles. The van der Waals surface area contributed by atoms with Crippen LogP contribution in [0.1, 0.15) is 20.9 Å². The van der Waals surface area contributed by atoms with Crippen molar-refractivity contribution < 1.29 is 28.3 Å². The summed E-state index contributed by atoms with van der Waals surface area (Å²) in [5, 5.41) is 7.29. The minimum absolute atomic E-state index is 0.0888. The molecule has 0 saturated carbocycles. The molecule has 0 aliphatic heterocycles. The Labute approximate surface area is 148 Å². The molecule has 0 saturated heterocycles. The maximum atomic E-state index is 11.8. The van der Waals surface area contributed by atoms with Crippen LogP contribution in [-0.2, 0) is 14.3 Å². The molecule has 9 heteroatoms. The molecule has 0 atom stereocenters. The number of furan rings is 1. The van der Waals surface area contributed by atoms with Gasteiger partial charge < -0.3 is 25.1 Å². The molecular weight excluding hydrogens is 342 g/mol. The van der Waals surface area contributed by atoms with Gasteiger partial charge in [0.1, 0.15) is 0 Å². The van der Waals surface area contributed by atoms with Gasteiger partial charge in [0.25, 0.3) is 5.91 Å². The molecule has 0 aliphatic rings. The van der Waals surface area contributed by atoms with Gasteiger partial charge in [0.05, 0.1) is 32.0 Å². The molecule has 3 amide bonds. The average molecular weight is 359 g/mol. The van der Waals surface area contributed by atoms with E-state index in [2.05, 4.69) is 20.7 Å². The predicted molar refractivity (Wildman–Crippen MR) is 90.5 cm³/mol. The highest BCUT2D eigenvalue weighted by molar-refractivity contribution is 5.97. The lowest BCUT2D eigenvalue weighted by Crippen LogP contribution is -2.40. The van der Waals surface area contributed by atoms with Gasteiger partial charge in [-0.15, -0.1) is 0 Å². The molecule has 9 nitrogen and oxygen atoms in total. The van der Waals surface area contributed by atoms with Crippen LogP contribution in [0, 0.1) is 0 Å². The number of carbonyl (C=O) groups excluding carboxylic acids is 4. The molecule has 2 aromatic rings. The number of hydrogen-bond donors (Lipinski definition) is 3. The third-order valence-electron chi connectivity index (χ3n) is 3.19. The number of rotatable bonds is 7. The molecular formula is C17H17N3O6. The summed E-state index contributed by atoms with van der Waals surface area (Å²) in [6.45, 7) is -0.561. The van der Waals surface area contributed by atoms with Crippen LogP contribution >= 0.6 is 0 Å². The van der Waals surface area contributed by atoms with Gasteiger partial charge in [-0.1, -0.05) is 0 Å². The first-order valence-corrected chi connectivity index (χ1v) is 7.56. The number of amides is 3. The standard InChI is InChI=1S/C17H17N3O6/c1-25-17(24)11-4-6-12(7-5-11)20-15(22)10-18-14(21)9-19-16(23)13-3-2-8-26-13/h2-8H,9-10H2,1H3,(H,18,21)(H,19,23)(H,20,22). The van der Waals surface area contributed by atoms with Gasteiger partial charge in [-0.05, 0) is 36.4 Å². The molecule has 0 spiro atoms. The molecule has 3 N–H and O–H groups in total. The quantitative estimate of drug-likeness (QED) is 0.620. The maximum Gasteiger partial charge on any atom is 0.337 e. The molecule has 136 valence electrons. The van der Waals surface area contributed by atoms with Crippen LogP contribution in [0.2, 0.25) is 0 Å². The first kappa shape index (κ1) is 18.7. The number of benzene rings is 1. The van der Waals surface area contributed by atoms with E-state index in [1.165, 1.54) is 43.7 Å². The van der Waals surface area contributed by atoms with Crippen molar-refractivity contribution in [1.29, 1.82) is 0 Å². The van der Waals surface area contributed by atoms with Crippen LogP contribution < -0.4 is 16.0 Å². The van der Waals surface area contributed by atoms with Crippen LogP contribution in [0.5, 0.6) is 0 Å². The van der Waals surface area contributed by atoms with E-state index in [0.29, 0.717) is 11.3 Å². The molecule has 0 bridgehead atoms. The van der Waals surface area contributed by atoms with Gasteiger partial charge in [-0.2, -0.15) is 0 Å². The van der Waals surface area contributed by atoms with Crippen molar-refractivity contribution in [3.8, 4) is 0 Å². The van der Waals surface area contributed by atoms with E-state index in [1.807, 2.05) is 0 Å². The zero-order chi connectivity index (χ0) is 18.9. The second-order valence-electron chi connectivity index (χ2n) is 5.05. The minimum atomic E-state index is -0.528. The van der Waals surface area contributed by atoms with Crippen molar-refractivity contribution in [1.82, 2.24) is 10.6 Å². The maximum absolute atomic E-state index is 11.8. The van der Waals surface area contributed by atoms with Gasteiger partial charge in [0.15, 0.2) is 5.76 Å². The number of methoxy groups -OCH3 is 1. The van der Waals surface area contributed by atoms with E-state index in [1.54, 1.807) is 6.07 Å². The Morgan fingerprint density at radius 3 is 2.27 bits per heavy atom. The Morgan fingerprint density at radius 1 is 0.962 bits per heavy atom. The summed E-state index contributed by atoms with van der Waals surface area (Å²) >= 11 is 0. The molecule has 0 unspecified atom stereocenters. The minimum Gasteiger partial charge on any atom is -0.465 e. The van der Waals surface area contributed by atoms with Gasteiger partial charge >= 0.3 is 5.97 Å². The fourth-order valence-corrected chi connectivity index (χ4v) is 1.91. The largest absolute Gasteiger partial charge is 0.465 e. The summed E-state index contributed by atoms with van der Waals surface area (Å²) in [5.41, 5.74) is 0.814. The normalized spacial score (nSPS) is 9.88. The Kier molecular flexibility index (Phi) is 6.49. The van der Waals surface area contributed by atoms with E-state index >= 15 is 0 Å². The lowest BCUT2D eigenvalue weighted by atomic mass is 10.2. The van der Waals surface area contributed by atoms with E-state index in [-0.39, 0.29) is 18.8 Å². The predicted octanol–water partition coefficient (Wildman–Crippen LogP) is 0.551. The summed E-state index contributed by atoms with van der Waals surface area (Å²) in [6, 6.07) is 9.10. The fourth-order valence-electron chi connectivity index (χ4n) is 1.91. The second kappa shape index (κ2) is 9.02. The summed E-state index contributed by atoms with van der Waals surface area (Å²) in [5.74, 6) is -1.90.